The molecule has 0 saturated carbocycles. The lowest BCUT2D eigenvalue weighted by Crippen LogP contribution is -2.36. The van der Waals surface area contributed by atoms with Crippen LogP contribution in [0.2, 0.25) is 0 Å². The third-order valence-electron chi connectivity index (χ3n) is 3.71. The molecule has 1 aromatic rings. The summed E-state index contributed by atoms with van der Waals surface area (Å²) in [4.78, 5) is 16.2. The molecule has 1 aliphatic rings. The summed E-state index contributed by atoms with van der Waals surface area (Å²) in [5.41, 5.74) is 0.646. The van der Waals surface area contributed by atoms with Crippen molar-refractivity contribution in [2.75, 3.05) is 39.3 Å². The number of carbonyl (C=O) groups is 1. The maximum Gasteiger partial charge on any atom is 0.256 e. The zero-order valence-corrected chi connectivity index (χ0v) is 11.8. The Morgan fingerprint density at radius 2 is 2.10 bits per heavy atom. The first-order chi connectivity index (χ1) is 9.63. The molecule has 1 saturated heterocycles. The van der Waals surface area contributed by atoms with Crippen molar-refractivity contribution in [1.29, 1.82) is 0 Å². The second kappa shape index (κ2) is 6.81. The Bertz CT molecular complexity index is 479. The van der Waals surface area contributed by atoms with Crippen LogP contribution in [-0.2, 0) is 0 Å². The highest BCUT2D eigenvalue weighted by Gasteiger charge is 2.22. The topological polar surface area (TPSA) is 43.8 Å². The van der Waals surface area contributed by atoms with Crippen molar-refractivity contribution in [3.8, 4) is 0 Å². The third-order valence-corrected chi connectivity index (χ3v) is 3.71. The number of aliphatic hydroxyl groups excluding tert-OH is 1. The van der Waals surface area contributed by atoms with Crippen LogP contribution >= 0.6 is 0 Å². The van der Waals surface area contributed by atoms with Crippen LogP contribution in [0.15, 0.2) is 18.2 Å². The number of rotatable bonds is 3. The third kappa shape index (κ3) is 3.35. The monoisotopic (exact) mass is 280 g/mol. The number of aryl methyl sites for hydroxylation is 1. The summed E-state index contributed by atoms with van der Waals surface area (Å²) < 4.78 is 14.0. The molecule has 2 rings (SSSR count). The van der Waals surface area contributed by atoms with Crippen LogP contribution in [0.25, 0.3) is 0 Å². The molecule has 0 atom stereocenters. The summed E-state index contributed by atoms with van der Waals surface area (Å²) >= 11 is 0. The quantitative estimate of drug-likeness (QED) is 0.907. The minimum absolute atomic E-state index is 0.125. The van der Waals surface area contributed by atoms with Crippen molar-refractivity contribution in [1.82, 2.24) is 9.80 Å². The molecule has 20 heavy (non-hydrogen) atoms. The fourth-order valence-electron chi connectivity index (χ4n) is 2.52. The van der Waals surface area contributed by atoms with Gasteiger partial charge in [0.1, 0.15) is 5.82 Å². The van der Waals surface area contributed by atoms with Crippen LogP contribution < -0.4 is 0 Å². The molecule has 1 N–H and O–H groups in total. The largest absolute Gasteiger partial charge is 0.395 e. The van der Waals surface area contributed by atoms with Crippen molar-refractivity contribution in [2.24, 2.45) is 0 Å². The van der Waals surface area contributed by atoms with Gasteiger partial charge in [-0.2, -0.15) is 0 Å². The van der Waals surface area contributed by atoms with E-state index in [1.54, 1.807) is 30.0 Å². The van der Waals surface area contributed by atoms with E-state index in [1.807, 2.05) is 0 Å². The summed E-state index contributed by atoms with van der Waals surface area (Å²) in [6.07, 6.45) is 0.846. The van der Waals surface area contributed by atoms with Gasteiger partial charge < -0.3 is 10.0 Å². The molecule has 0 unspecified atom stereocenters. The summed E-state index contributed by atoms with van der Waals surface area (Å²) in [6, 6.07) is 4.92. The van der Waals surface area contributed by atoms with E-state index in [1.165, 1.54) is 0 Å². The molecule has 1 heterocycles. The maximum absolute atomic E-state index is 14.0. The molecule has 1 aromatic carbocycles. The van der Waals surface area contributed by atoms with Gasteiger partial charge >= 0.3 is 0 Å². The Hall–Kier alpha value is -1.46. The normalized spacial score (nSPS) is 17.1. The molecule has 4 nitrogen and oxygen atoms in total. The van der Waals surface area contributed by atoms with Gasteiger partial charge in [-0.05, 0) is 31.5 Å². The SMILES string of the molecule is Cc1cccc(C(=O)N2CCCN(CCO)CC2)c1F. The second-order valence-corrected chi connectivity index (χ2v) is 5.15. The minimum Gasteiger partial charge on any atom is -0.395 e. The Morgan fingerprint density at radius 3 is 2.85 bits per heavy atom. The average Bonchev–Trinajstić information content (AvgIpc) is 2.67. The van der Waals surface area contributed by atoms with E-state index >= 15 is 0 Å². The highest BCUT2D eigenvalue weighted by atomic mass is 19.1. The molecule has 1 aliphatic heterocycles. The lowest BCUT2D eigenvalue weighted by atomic mass is 10.1. The maximum atomic E-state index is 14.0. The van der Waals surface area contributed by atoms with Gasteiger partial charge in [0.25, 0.3) is 5.91 Å². The molecule has 1 amide bonds. The lowest BCUT2D eigenvalue weighted by molar-refractivity contribution is 0.0755. The first kappa shape index (κ1) is 14.9. The van der Waals surface area contributed by atoms with Gasteiger partial charge in [-0.3, -0.25) is 9.69 Å². The highest BCUT2D eigenvalue weighted by Crippen LogP contribution is 2.15. The van der Waals surface area contributed by atoms with Crippen molar-refractivity contribution in [2.45, 2.75) is 13.3 Å². The molecule has 0 aromatic heterocycles. The number of aliphatic hydroxyl groups is 1. The Kier molecular flexibility index (Phi) is 5.09. The van der Waals surface area contributed by atoms with Gasteiger partial charge in [-0.25, -0.2) is 4.39 Å². The lowest BCUT2D eigenvalue weighted by Gasteiger charge is -2.22. The van der Waals surface area contributed by atoms with Gasteiger partial charge in [0, 0.05) is 26.2 Å². The fraction of sp³-hybridized carbons (Fsp3) is 0.533. The second-order valence-electron chi connectivity index (χ2n) is 5.15. The van der Waals surface area contributed by atoms with Crippen LogP contribution in [0.5, 0.6) is 0 Å². The van der Waals surface area contributed by atoms with Gasteiger partial charge in [0.05, 0.1) is 12.2 Å². The van der Waals surface area contributed by atoms with Gasteiger partial charge in [0.15, 0.2) is 0 Å². The van der Waals surface area contributed by atoms with Crippen molar-refractivity contribution >= 4 is 5.91 Å². The van der Waals surface area contributed by atoms with Gasteiger partial charge in [-0.1, -0.05) is 12.1 Å². The number of carbonyl (C=O) groups excluding carboxylic acids is 1. The van der Waals surface area contributed by atoms with Crippen LogP contribution in [0.1, 0.15) is 22.3 Å². The smallest absolute Gasteiger partial charge is 0.256 e. The number of hydrogen-bond acceptors (Lipinski definition) is 3. The van der Waals surface area contributed by atoms with E-state index in [0.29, 0.717) is 25.2 Å². The van der Waals surface area contributed by atoms with Crippen LogP contribution in [0.4, 0.5) is 4.39 Å². The zero-order chi connectivity index (χ0) is 14.5. The highest BCUT2D eigenvalue weighted by molar-refractivity contribution is 5.94. The van der Waals surface area contributed by atoms with E-state index in [-0.39, 0.29) is 18.1 Å². The molecule has 5 heteroatoms. The van der Waals surface area contributed by atoms with Crippen LogP contribution in [-0.4, -0.2) is 60.1 Å². The number of β-amino-alcohol motifs (C(OH)–C–C–N with tert-alkyl or cyclic N) is 1. The van der Waals surface area contributed by atoms with Crippen molar-refractivity contribution in [3.63, 3.8) is 0 Å². The molecule has 0 aliphatic carbocycles. The van der Waals surface area contributed by atoms with E-state index < -0.39 is 5.82 Å². The van der Waals surface area contributed by atoms with E-state index in [0.717, 1.165) is 19.5 Å². The molecule has 0 bridgehead atoms. The van der Waals surface area contributed by atoms with Crippen LogP contribution in [0.3, 0.4) is 0 Å². The standard InChI is InChI=1S/C15H21FN2O2/c1-12-4-2-5-13(14(12)16)15(20)18-7-3-6-17(8-9-18)10-11-19/h2,4-5,19H,3,6-11H2,1H3. The summed E-state index contributed by atoms with van der Waals surface area (Å²) in [6.45, 7) is 5.21. The fourth-order valence-corrected chi connectivity index (χ4v) is 2.52. The molecule has 110 valence electrons. The molecule has 0 radical (unpaired) electrons. The summed E-state index contributed by atoms with van der Waals surface area (Å²) in [5, 5.41) is 8.96. The van der Waals surface area contributed by atoms with Crippen molar-refractivity contribution < 1.29 is 14.3 Å². The van der Waals surface area contributed by atoms with Crippen molar-refractivity contribution in [3.05, 3.63) is 35.1 Å². The van der Waals surface area contributed by atoms with Crippen LogP contribution in [0, 0.1) is 12.7 Å². The molecular formula is C15H21FN2O2. The summed E-state index contributed by atoms with van der Waals surface area (Å²) in [7, 11) is 0. The summed E-state index contributed by atoms with van der Waals surface area (Å²) in [5.74, 6) is -0.661. The van der Waals surface area contributed by atoms with Gasteiger partial charge in [0.2, 0.25) is 0 Å². The average molecular weight is 280 g/mol. The Morgan fingerprint density at radius 1 is 1.30 bits per heavy atom. The van der Waals surface area contributed by atoms with E-state index in [9.17, 15) is 9.18 Å². The zero-order valence-electron chi connectivity index (χ0n) is 11.8. The first-order valence-electron chi connectivity index (χ1n) is 7.01. The Balaban J connectivity index is 2.07. The number of hydrogen-bond donors (Lipinski definition) is 1. The number of nitrogens with zero attached hydrogens (tertiary/aromatic N) is 2. The molecule has 0 spiro atoms. The number of benzene rings is 1. The van der Waals surface area contributed by atoms with E-state index in [2.05, 4.69) is 4.90 Å². The first-order valence-corrected chi connectivity index (χ1v) is 7.01. The minimum atomic E-state index is -0.422. The number of amides is 1. The molecular weight excluding hydrogens is 259 g/mol. The number of halogens is 1. The van der Waals surface area contributed by atoms with Gasteiger partial charge in [-0.15, -0.1) is 0 Å². The van der Waals surface area contributed by atoms with E-state index in [4.69, 9.17) is 5.11 Å². The predicted octanol–water partition coefficient (Wildman–Crippen LogP) is 1.27. The predicted molar refractivity (Wildman–Crippen MR) is 75.2 cm³/mol. The molecule has 1 fully saturated rings. The Labute approximate surface area is 118 Å².